The molecule has 4 rings (SSSR count). The molecule has 0 aliphatic carbocycles. The SMILES string of the molecule is CCOC(=O)c1ccc(-n2ccn(Cc3ccc4ccn(C)c4c3)c2=O)cc1. The summed E-state index contributed by atoms with van der Waals surface area (Å²) in [6.45, 7) is 2.59. The van der Waals surface area contributed by atoms with Crippen molar-refractivity contribution in [1.82, 2.24) is 13.7 Å². The number of ether oxygens (including phenoxy) is 1. The van der Waals surface area contributed by atoms with Crippen molar-refractivity contribution in [2.24, 2.45) is 7.05 Å². The summed E-state index contributed by atoms with van der Waals surface area (Å²) in [5.74, 6) is -0.366. The maximum atomic E-state index is 12.8. The summed E-state index contributed by atoms with van der Waals surface area (Å²) in [6, 6.07) is 15.1. The normalized spacial score (nSPS) is 11.1. The topological polar surface area (TPSA) is 58.2 Å². The quantitative estimate of drug-likeness (QED) is 0.503. The lowest BCUT2D eigenvalue weighted by Gasteiger charge is -2.06. The predicted molar refractivity (Wildman–Crippen MR) is 108 cm³/mol. The molecule has 0 saturated heterocycles. The van der Waals surface area contributed by atoms with Gasteiger partial charge in [-0.3, -0.25) is 9.13 Å². The zero-order valence-electron chi connectivity index (χ0n) is 15.8. The van der Waals surface area contributed by atoms with Gasteiger partial charge in [0.05, 0.1) is 24.4 Å². The molecular formula is C22H21N3O3. The highest BCUT2D eigenvalue weighted by molar-refractivity contribution is 5.89. The van der Waals surface area contributed by atoms with Crippen molar-refractivity contribution in [3.8, 4) is 5.69 Å². The monoisotopic (exact) mass is 375 g/mol. The van der Waals surface area contributed by atoms with Crippen molar-refractivity contribution >= 4 is 16.9 Å². The Kier molecular flexibility index (Phi) is 4.61. The molecule has 6 nitrogen and oxygen atoms in total. The van der Waals surface area contributed by atoms with Crippen LogP contribution >= 0.6 is 0 Å². The lowest BCUT2D eigenvalue weighted by atomic mass is 10.1. The van der Waals surface area contributed by atoms with Crippen molar-refractivity contribution in [3.63, 3.8) is 0 Å². The molecule has 2 heterocycles. The second-order valence-corrected chi connectivity index (χ2v) is 6.67. The second kappa shape index (κ2) is 7.23. The third kappa shape index (κ3) is 3.24. The zero-order valence-corrected chi connectivity index (χ0v) is 15.8. The average Bonchev–Trinajstić information content (AvgIpc) is 3.25. The van der Waals surface area contributed by atoms with Crippen LogP contribution in [0.5, 0.6) is 0 Å². The van der Waals surface area contributed by atoms with Crippen molar-refractivity contribution in [1.29, 1.82) is 0 Å². The number of rotatable bonds is 5. The number of hydrogen-bond acceptors (Lipinski definition) is 3. The highest BCUT2D eigenvalue weighted by atomic mass is 16.5. The molecular weight excluding hydrogens is 354 g/mol. The van der Waals surface area contributed by atoms with E-state index in [1.165, 1.54) is 5.39 Å². The number of carbonyl (C=O) groups excluding carboxylic acids is 1. The molecule has 0 amide bonds. The lowest BCUT2D eigenvalue weighted by Crippen LogP contribution is -2.23. The summed E-state index contributed by atoms with van der Waals surface area (Å²) in [5.41, 5.74) is 3.24. The molecule has 0 aliphatic heterocycles. The largest absolute Gasteiger partial charge is 0.462 e. The van der Waals surface area contributed by atoms with Gasteiger partial charge in [0.25, 0.3) is 0 Å². The van der Waals surface area contributed by atoms with Crippen molar-refractivity contribution in [2.75, 3.05) is 6.61 Å². The number of hydrogen-bond donors (Lipinski definition) is 0. The molecule has 0 radical (unpaired) electrons. The van der Waals surface area contributed by atoms with Gasteiger partial charge in [-0.05, 0) is 54.3 Å². The van der Waals surface area contributed by atoms with Crippen molar-refractivity contribution in [2.45, 2.75) is 13.5 Å². The number of aromatic nitrogens is 3. The lowest BCUT2D eigenvalue weighted by molar-refractivity contribution is 0.0526. The van der Waals surface area contributed by atoms with E-state index in [1.807, 2.05) is 19.3 Å². The molecule has 0 saturated carbocycles. The summed E-state index contributed by atoms with van der Waals surface area (Å²) in [4.78, 5) is 24.6. The second-order valence-electron chi connectivity index (χ2n) is 6.67. The maximum absolute atomic E-state index is 12.8. The average molecular weight is 375 g/mol. The Morgan fingerprint density at radius 3 is 2.54 bits per heavy atom. The van der Waals surface area contributed by atoms with Crippen LogP contribution in [0.1, 0.15) is 22.8 Å². The summed E-state index contributed by atoms with van der Waals surface area (Å²) >= 11 is 0. The van der Waals surface area contributed by atoms with Crippen LogP contribution in [0.2, 0.25) is 0 Å². The molecule has 0 aliphatic rings. The van der Waals surface area contributed by atoms with Gasteiger partial charge in [0.2, 0.25) is 0 Å². The molecule has 0 spiro atoms. The Hall–Kier alpha value is -3.54. The Bertz CT molecular complexity index is 1200. The highest BCUT2D eigenvalue weighted by Crippen LogP contribution is 2.17. The van der Waals surface area contributed by atoms with Gasteiger partial charge in [0.15, 0.2) is 0 Å². The molecule has 0 unspecified atom stereocenters. The van der Waals surface area contributed by atoms with Gasteiger partial charge < -0.3 is 9.30 Å². The fraction of sp³-hybridized carbons (Fsp3) is 0.182. The third-order valence-electron chi connectivity index (χ3n) is 4.81. The number of carbonyl (C=O) groups is 1. The van der Waals surface area contributed by atoms with Crippen LogP contribution in [0.15, 0.2) is 71.9 Å². The van der Waals surface area contributed by atoms with Gasteiger partial charge in [-0.25, -0.2) is 9.59 Å². The van der Waals surface area contributed by atoms with Crippen LogP contribution in [0, 0.1) is 0 Å². The molecule has 4 aromatic rings. The Balaban J connectivity index is 1.59. The number of fused-ring (bicyclic) bond motifs is 1. The van der Waals surface area contributed by atoms with E-state index < -0.39 is 0 Å². The number of nitrogens with zero attached hydrogens (tertiary/aromatic N) is 3. The fourth-order valence-corrected chi connectivity index (χ4v) is 3.31. The van der Waals surface area contributed by atoms with Gasteiger partial charge in [0.1, 0.15) is 0 Å². The van der Waals surface area contributed by atoms with Crippen LogP contribution in [-0.4, -0.2) is 26.3 Å². The molecule has 142 valence electrons. The minimum Gasteiger partial charge on any atom is -0.462 e. The smallest absolute Gasteiger partial charge is 0.338 e. The first-order valence-electron chi connectivity index (χ1n) is 9.16. The summed E-state index contributed by atoms with van der Waals surface area (Å²) in [6.07, 6.45) is 5.54. The van der Waals surface area contributed by atoms with Gasteiger partial charge in [0, 0.05) is 31.2 Å². The first-order valence-corrected chi connectivity index (χ1v) is 9.16. The standard InChI is InChI=1S/C22H21N3O3/c1-3-28-21(26)18-6-8-19(9-7-18)25-13-12-24(22(25)27)15-16-4-5-17-10-11-23(2)20(17)14-16/h4-14H,3,15H2,1-2H3. The number of imidazole rings is 1. The highest BCUT2D eigenvalue weighted by Gasteiger charge is 2.10. The van der Waals surface area contributed by atoms with E-state index >= 15 is 0 Å². The van der Waals surface area contributed by atoms with E-state index in [2.05, 4.69) is 22.8 Å². The van der Waals surface area contributed by atoms with E-state index in [-0.39, 0.29) is 11.7 Å². The van der Waals surface area contributed by atoms with Gasteiger partial charge >= 0.3 is 11.7 Å². The molecule has 0 fully saturated rings. The van der Waals surface area contributed by atoms with Crippen LogP contribution in [0.3, 0.4) is 0 Å². The first kappa shape index (κ1) is 17.9. The maximum Gasteiger partial charge on any atom is 0.338 e. The molecule has 0 atom stereocenters. The molecule has 0 N–H and O–H groups in total. The van der Waals surface area contributed by atoms with Crippen LogP contribution in [-0.2, 0) is 18.3 Å². The summed E-state index contributed by atoms with van der Waals surface area (Å²) in [7, 11) is 2.01. The Morgan fingerprint density at radius 2 is 1.79 bits per heavy atom. The zero-order chi connectivity index (χ0) is 19.7. The van der Waals surface area contributed by atoms with Gasteiger partial charge in [-0.15, -0.1) is 0 Å². The molecule has 28 heavy (non-hydrogen) atoms. The molecule has 2 aromatic carbocycles. The number of aryl methyl sites for hydroxylation is 1. The molecule has 0 bridgehead atoms. The molecule has 6 heteroatoms. The number of benzene rings is 2. The predicted octanol–water partition coefficient (Wildman–Crippen LogP) is 3.36. The first-order chi connectivity index (χ1) is 13.6. The molecule has 2 aromatic heterocycles. The van der Waals surface area contributed by atoms with Crippen molar-refractivity contribution < 1.29 is 9.53 Å². The van der Waals surface area contributed by atoms with E-state index in [1.54, 1.807) is 52.7 Å². The van der Waals surface area contributed by atoms with Crippen LogP contribution in [0.4, 0.5) is 0 Å². The summed E-state index contributed by atoms with van der Waals surface area (Å²) in [5, 5.41) is 1.18. The minimum absolute atomic E-state index is 0.129. The summed E-state index contributed by atoms with van der Waals surface area (Å²) < 4.78 is 10.3. The van der Waals surface area contributed by atoms with Gasteiger partial charge in [-0.1, -0.05) is 12.1 Å². The Morgan fingerprint density at radius 1 is 1.00 bits per heavy atom. The van der Waals surface area contributed by atoms with E-state index in [4.69, 9.17) is 4.74 Å². The van der Waals surface area contributed by atoms with E-state index in [9.17, 15) is 9.59 Å². The van der Waals surface area contributed by atoms with E-state index in [0.29, 0.717) is 24.4 Å². The third-order valence-corrected chi connectivity index (χ3v) is 4.81. The van der Waals surface area contributed by atoms with Crippen molar-refractivity contribution in [3.05, 3.63) is 88.7 Å². The van der Waals surface area contributed by atoms with Crippen LogP contribution in [0.25, 0.3) is 16.6 Å². The van der Waals surface area contributed by atoms with Crippen LogP contribution < -0.4 is 5.69 Å². The number of esters is 1. The van der Waals surface area contributed by atoms with E-state index in [0.717, 1.165) is 11.1 Å². The minimum atomic E-state index is -0.366. The Labute approximate surface area is 162 Å². The van der Waals surface area contributed by atoms with Gasteiger partial charge in [-0.2, -0.15) is 0 Å². The fourth-order valence-electron chi connectivity index (χ4n) is 3.31.